The normalized spacial score (nSPS) is 10.3. The van der Waals surface area contributed by atoms with Crippen LogP contribution in [0.25, 0.3) is 11.3 Å². The molecule has 3 aromatic rings. The topological polar surface area (TPSA) is 61.1 Å². The summed E-state index contributed by atoms with van der Waals surface area (Å²) in [6.45, 7) is 0.146. The number of benzene rings is 2. The smallest absolute Gasteiger partial charge is 0.355 e. The Kier molecular flexibility index (Phi) is 6.45. The summed E-state index contributed by atoms with van der Waals surface area (Å²) in [6, 6.07) is 14.6. The summed E-state index contributed by atoms with van der Waals surface area (Å²) in [5, 5.41) is 0.649. The second-order valence-electron chi connectivity index (χ2n) is 5.72. The van der Waals surface area contributed by atoms with Crippen LogP contribution in [0, 0.1) is 0 Å². The standard InChI is InChI=1S/C19H18ClN3O2.BrH/c1-22-17(13-5-3-7-15(20)9-13)11-23(19(22)21)12-18(24)14-6-4-8-16(10-14)25-2;/h3-11,21H,12H2,1-2H3;1H. The number of hydrogen-bond acceptors (Lipinski definition) is 3. The largest absolute Gasteiger partial charge is 1.00 e. The number of ether oxygens (including phenoxy) is 1. The number of halogens is 2. The van der Waals surface area contributed by atoms with Gasteiger partial charge in [0.05, 0.1) is 14.2 Å². The number of nitrogen functional groups attached to an aromatic ring is 1. The summed E-state index contributed by atoms with van der Waals surface area (Å²) < 4.78 is 8.74. The van der Waals surface area contributed by atoms with Crippen LogP contribution in [0.2, 0.25) is 5.02 Å². The fraction of sp³-hybridized carbons (Fsp3) is 0.158. The Morgan fingerprint density at radius 1 is 1.23 bits per heavy atom. The number of carbonyl (C=O) groups is 1. The van der Waals surface area contributed by atoms with Gasteiger partial charge in [0.25, 0.3) is 0 Å². The molecule has 26 heavy (non-hydrogen) atoms. The second-order valence-corrected chi connectivity index (χ2v) is 6.16. The molecule has 3 rings (SSSR count). The molecule has 0 unspecified atom stereocenters. The first-order valence-corrected chi connectivity index (χ1v) is 8.15. The lowest BCUT2D eigenvalue weighted by Crippen LogP contribution is -3.00. The highest BCUT2D eigenvalue weighted by molar-refractivity contribution is 6.30. The molecular weight excluding hydrogens is 418 g/mol. The Labute approximate surface area is 167 Å². The lowest BCUT2D eigenvalue weighted by molar-refractivity contribution is -0.667. The molecule has 0 aliphatic carbocycles. The maximum atomic E-state index is 12.6. The molecule has 0 saturated heterocycles. The van der Waals surface area contributed by atoms with E-state index in [4.69, 9.17) is 22.1 Å². The van der Waals surface area contributed by atoms with E-state index < -0.39 is 0 Å². The predicted molar refractivity (Wildman–Crippen MR) is 97.8 cm³/mol. The van der Waals surface area contributed by atoms with Crippen molar-refractivity contribution in [3.63, 3.8) is 0 Å². The number of anilines is 1. The molecule has 0 spiro atoms. The average molecular weight is 437 g/mol. The fourth-order valence-electron chi connectivity index (χ4n) is 2.70. The summed E-state index contributed by atoms with van der Waals surface area (Å²) in [5.74, 6) is 1.10. The number of Topliss-reactive ketones (excluding diaryl/α,β-unsaturated/α-hetero) is 1. The number of nitrogens with two attached hydrogens (primary N) is 1. The molecule has 7 heteroatoms. The van der Waals surface area contributed by atoms with Crippen LogP contribution in [0.1, 0.15) is 10.4 Å². The zero-order valence-electron chi connectivity index (χ0n) is 14.4. The van der Waals surface area contributed by atoms with E-state index in [9.17, 15) is 4.79 Å². The molecular formula is C19H19BrClN3O2. The van der Waals surface area contributed by atoms with Crippen molar-refractivity contribution in [2.75, 3.05) is 12.8 Å². The minimum atomic E-state index is -0.0427. The highest BCUT2D eigenvalue weighted by Crippen LogP contribution is 2.23. The first-order chi connectivity index (χ1) is 12.0. The van der Waals surface area contributed by atoms with E-state index in [0.717, 1.165) is 11.3 Å². The van der Waals surface area contributed by atoms with Crippen LogP contribution in [-0.2, 0) is 13.6 Å². The molecule has 0 saturated carbocycles. The first kappa shape index (κ1) is 20.0. The van der Waals surface area contributed by atoms with Gasteiger partial charge in [-0.15, -0.1) is 0 Å². The Morgan fingerprint density at radius 3 is 2.65 bits per heavy atom. The maximum absolute atomic E-state index is 12.6. The van der Waals surface area contributed by atoms with Crippen molar-refractivity contribution in [3.8, 4) is 17.0 Å². The van der Waals surface area contributed by atoms with E-state index in [1.165, 1.54) is 0 Å². The summed E-state index contributed by atoms with van der Waals surface area (Å²) in [5.41, 5.74) is 8.59. The minimum Gasteiger partial charge on any atom is -1.00 e. The average Bonchev–Trinajstić information content (AvgIpc) is 2.90. The molecule has 2 N–H and O–H groups in total. The highest BCUT2D eigenvalue weighted by atomic mass is 79.9. The first-order valence-electron chi connectivity index (χ1n) is 7.77. The van der Waals surface area contributed by atoms with E-state index in [0.29, 0.717) is 22.3 Å². The van der Waals surface area contributed by atoms with E-state index in [1.807, 2.05) is 42.1 Å². The summed E-state index contributed by atoms with van der Waals surface area (Å²) in [6.07, 6.45) is 1.86. The van der Waals surface area contributed by atoms with Crippen molar-refractivity contribution >= 4 is 23.3 Å². The number of ketones is 1. The van der Waals surface area contributed by atoms with E-state index in [-0.39, 0.29) is 29.3 Å². The second kappa shape index (κ2) is 8.38. The number of hydrogen-bond donors (Lipinski definition) is 1. The van der Waals surface area contributed by atoms with Crippen molar-refractivity contribution < 1.29 is 31.1 Å². The van der Waals surface area contributed by atoms with Gasteiger partial charge < -0.3 is 21.7 Å². The Balaban J connectivity index is 0.00000243. The highest BCUT2D eigenvalue weighted by Gasteiger charge is 2.20. The van der Waals surface area contributed by atoms with Crippen LogP contribution in [0.15, 0.2) is 54.7 Å². The van der Waals surface area contributed by atoms with Crippen molar-refractivity contribution in [3.05, 3.63) is 65.3 Å². The van der Waals surface area contributed by atoms with Gasteiger partial charge in [-0.25, -0.2) is 9.13 Å². The third-order valence-electron chi connectivity index (χ3n) is 4.10. The Bertz CT molecular complexity index is 940. The zero-order valence-corrected chi connectivity index (χ0v) is 16.8. The van der Waals surface area contributed by atoms with E-state index >= 15 is 0 Å². The van der Waals surface area contributed by atoms with Gasteiger partial charge >= 0.3 is 5.95 Å². The quantitative estimate of drug-likeness (QED) is 0.456. The van der Waals surface area contributed by atoms with Crippen molar-refractivity contribution in [1.82, 2.24) is 4.57 Å². The number of imidazole rings is 1. The molecule has 0 aliphatic rings. The summed E-state index contributed by atoms with van der Waals surface area (Å²) >= 11 is 6.07. The van der Waals surface area contributed by atoms with E-state index in [2.05, 4.69) is 0 Å². The number of rotatable bonds is 5. The molecule has 5 nitrogen and oxygen atoms in total. The van der Waals surface area contributed by atoms with Crippen molar-refractivity contribution in [1.29, 1.82) is 0 Å². The van der Waals surface area contributed by atoms with Crippen LogP contribution in [-0.4, -0.2) is 17.5 Å². The lowest BCUT2D eigenvalue weighted by Gasteiger charge is -2.03. The molecule has 0 amide bonds. The molecule has 0 fully saturated rings. The van der Waals surface area contributed by atoms with Crippen molar-refractivity contribution in [2.45, 2.75) is 6.54 Å². The van der Waals surface area contributed by atoms with Gasteiger partial charge in [0.15, 0.2) is 5.78 Å². The van der Waals surface area contributed by atoms with Gasteiger partial charge in [0.2, 0.25) is 0 Å². The Morgan fingerprint density at radius 2 is 1.96 bits per heavy atom. The van der Waals surface area contributed by atoms with Crippen molar-refractivity contribution in [2.24, 2.45) is 7.05 Å². The van der Waals surface area contributed by atoms with Crippen LogP contribution >= 0.6 is 11.6 Å². The Hall–Kier alpha value is -2.31. The number of aromatic nitrogens is 2. The molecule has 136 valence electrons. The van der Waals surface area contributed by atoms with E-state index in [1.54, 1.807) is 35.9 Å². The number of carbonyl (C=O) groups excluding carboxylic acids is 1. The minimum absolute atomic E-state index is 0. The molecule has 1 aromatic heterocycles. The molecule has 0 bridgehead atoms. The van der Waals surface area contributed by atoms with Crippen LogP contribution < -0.4 is 32.0 Å². The molecule has 0 atom stereocenters. The molecule has 0 aliphatic heterocycles. The third kappa shape index (κ3) is 4.08. The maximum Gasteiger partial charge on any atom is 0.355 e. The van der Waals surface area contributed by atoms with Gasteiger partial charge in [-0.1, -0.05) is 35.9 Å². The number of methoxy groups -OCH3 is 1. The van der Waals surface area contributed by atoms with Gasteiger partial charge in [-0.2, -0.15) is 0 Å². The summed E-state index contributed by atoms with van der Waals surface area (Å²) in [4.78, 5) is 12.6. The number of nitrogens with zero attached hydrogens (tertiary/aromatic N) is 2. The van der Waals surface area contributed by atoms with Gasteiger partial charge in [-0.05, 0) is 24.3 Å². The van der Waals surface area contributed by atoms with Gasteiger partial charge in [0, 0.05) is 16.1 Å². The molecule has 1 heterocycles. The van der Waals surface area contributed by atoms with Crippen LogP contribution in [0.4, 0.5) is 5.95 Å². The SMILES string of the molecule is COc1cccc(C(=O)C[n+]2cc(-c3cccc(Cl)c3)n(C)c2N)c1.[Br-]. The molecule has 0 radical (unpaired) electrons. The fourth-order valence-corrected chi connectivity index (χ4v) is 2.89. The van der Waals surface area contributed by atoms with Gasteiger partial charge in [-0.3, -0.25) is 10.5 Å². The van der Waals surface area contributed by atoms with Crippen LogP contribution in [0.3, 0.4) is 0 Å². The van der Waals surface area contributed by atoms with Crippen LogP contribution in [0.5, 0.6) is 5.75 Å². The third-order valence-corrected chi connectivity index (χ3v) is 4.34. The predicted octanol–water partition coefficient (Wildman–Crippen LogP) is 0.111. The lowest BCUT2D eigenvalue weighted by atomic mass is 10.1. The zero-order chi connectivity index (χ0) is 18.0. The summed E-state index contributed by atoms with van der Waals surface area (Å²) in [7, 11) is 3.43. The monoisotopic (exact) mass is 435 g/mol. The molecule has 2 aromatic carbocycles. The van der Waals surface area contributed by atoms with Gasteiger partial charge in [0.1, 0.15) is 24.2 Å².